The Kier molecular flexibility index (Phi) is 3.68. The highest BCUT2D eigenvalue weighted by molar-refractivity contribution is 6.68. The number of hydrogen-bond donors (Lipinski definition) is 0. The van der Waals surface area contributed by atoms with Crippen LogP contribution in [0.2, 0.25) is 0 Å². The van der Waals surface area contributed by atoms with Crippen LogP contribution in [0.3, 0.4) is 0 Å². The summed E-state index contributed by atoms with van der Waals surface area (Å²) >= 11 is 5.34. The van der Waals surface area contributed by atoms with Gasteiger partial charge in [0.1, 0.15) is 5.75 Å². The monoisotopic (exact) mass is 228 g/mol. The highest BCUT2D eigenvalue weighted by Gasteiger charge is 2.14. The second-order valence-electron chi connectivity index (χ2n) is 2.68. The third kappa shape index (κ3) is 2.47. The Labute approximate surface area is 91.7 Å². The van der Waals surface area contributed by atoms with Crippen LogP contribution >= 0.6 is 11.6 Å². The molecule has 0 atom stereocenters. The van der Waals surface area contributed by atoms with Gasteiger partial charge in [-0.2, -0.15) is 0 Å². The molecule has 0 radical (unpaired) electrons. The average molecular weight is 229 g/mol. The second kappa shape index (κ2) is 4.79. The van der Waals surface area contributed by atoms with Crippen molar-refractivity contribution in [2.45, 2.75) is 0 Å². The summed E-state index contributed by atoms with van der Waals surface area (Å²) < 4.78 is 9.43. The zero-order valence-electron chi connectivity index (χ0n) is 8.24. The van der Waals surface area contributed by atoms with Gasteiger partial charge in [0.2, 0.25) is 0 Å². The van der Waals surface area contributed by atoms with E-state index in [0.717, 1.165) is 0 Å². The molecule has 0 aromatic heterocycles. The Balaban J connectivity index is 3.22. The summed E-state index contributed by atoms with van der Waals surface area (Å²) in [6.45, 7) is 0. The van der Waals surface area contributed by atoms with Crippen molar-refractivity contribution >= 4 is 22.8 Å². The second-order valence-corrected chi connectivity index (χ2v) is 3.02. The van der Waals surface area contributed by atoms with Gasteiger partial charge in [-0.25, -0.2) is 4.79 Å². The molecule has 4 nitrogen and oxygen atoms in total. The Morgan fingerprint density at radius 1 is 1.27 bits per heavy atom. The molecule has 0 fully saturated rings. The molecule has 0 aliphatic heterocycles. The lowest BCUT2D eigenvalue weighted by molar-refractivity contribution is 0.0600. The summed E-state index contributed by atoms with van der Waals surface area (Å²) in [5, 5.41) is -0.683. The van der Waals surface area contributed by atoms with Gasteiger partial charge in [-0.05, 0) is 29.8 Å². The number of esters is 1. The number of benzene rings is 1. The van der Waals surface area contributed by atoms with Crippen LogP contribution in [-0.2, 0) is 4.74 Å². The summed E-state index contributed by atoms with van der Waals surface area (Å²) in [6.07, 6.45) is 0. The summed E-state index contributed by atoms with van der Waals surface area (Å²) in [6, 6.07) is 4.32. The quantitative estimate of drug-likeness (QED) is 0.585. The maximum absolute atomic E-state index is 11.2. The van der Waals surface area contributed by atoms with Gasteiger partial charge >= 0.3 is 5.97 Å². The highest BCUT2D eigenvalue weighted by atomic mass is 35.5. The van der Waals surface area contributed by atoms with Gasteiger partial charge in [0.15, 0.2) is 0 Å². The van der Waals surface area contributed by atoms with Crippen LogP contribution < -0.4 is 4.74 Å². The Morgan fingerprint density at radius 3 is 2.40 bits per heavy atom. The molecule has 0 saturated carbocycles. The first kappa shape index (κ1) is 11.5. The van der Waals surface area contributed by atoms with Crippen molar-refractivity contribution in [3.63, 3.8) is 0 Å². The third-order valence-electron chi connectivity index (χ3n) is 1.83. The van der Waals surface area contributed by atoms with Crippen molar-refractivity contribution in [1.29, 1.82) is 0 Å². The van der Waals surface area contributed by atoms with Crippen LogP contribution in [0.4, 0.5) is 0 Å². The van der Waals surface area contributed by atoms with Crippen molar-refractivity contribution in [2.75, 3.05) is 14.2 Å². The molecule has 0 spiro atoms. The van der Waals surface area contributed by atoms with Crippen LogP contribution in [0, 0.1) is 0 Å². The molecule has 0 amide bonds. The number of hydrogen-bond acceptors (Lipinski definition) is 4. The van der Waals surface area contributed by atoms with Crippen molar-refractivity contribution in [3.05, 3.63) is 29.3 Å². The van der Waals surface area contributed by atoms with E-state index in [2.05, 4.69) is 4.74 Å². The van der Waals surface area contributed by atoms with Gasteiger partial charge in [0, 0.05) is 0 Å². The zero-order valence-corrected chi connectivity index (χ0v) is 9.00. The van der Waals surface area contributed by atoms with E-state index >= 15 is 0 Å². The standard InChI is InChI=1S/C10H9ClO4/c1-14-8-4-3-6(10(13)15-2)5-7(8)9(11)12/h3-5H,1-2H3. The normalized spacial score (nSPS) is 9.53. The maximum Gasteiger partial charge on any atom is 0.337 e. The molecule has 0 heterocycles. The predicted molar refractivity (Wildman–Crippen MR) is 54.5 cm³/mol. The zero-order chi connectivity index (χ0) is 11.4. The fourth-order valence-corrected chi connectivity index (χ4v) is 1.25. The third-order valence-corrected chi connectivity index (χ3v) is 2.04. The number of rotatable bonds is 3. The number of methoxy groups -OCH3 is 2. The van der Waals surface area contributed by atoms with E-state index in [-0.39, 0.29) is 11.1 Å². The van der Waals surface area contributed by atoms with Crippen LogP contribution in [-0.4, -0.2) is 25.4 Å². The molecular formula is C10H9ClO4. The molecule has 0 saturated heterocycles. The Bertz CT molecular complexity index is 400. The average Bonchev–Trinajstić information content (AvgIpc) is 2.27. The minimum absolute atomic E-state index is 0.141. The van der Waals surface area contributed by atoms with Crippen molar-refractivity contribution in [1.82, 2.24) is 0 Å². The summed E-state index contributed by atoms with van der Waals surface area (Å²) in [5.41, 5.74) is 0.393. The predicted octanol–water partition coefficient (Wildman–Crippen LogP) is 1.86. The lowest BCUT2D eigenvalue weighted by Gasteiger charge is -2.06. The van der Waals surface area contributed by atoms with Crippen LogP contribution in [0.1, 0.15) is 20.7 Å². The molecule has 0 N–H and O–H groups in total. The van der Waals surface area contributed by atoms with E-state index in [1.54, 1.807) is 0 Å². The van der Waals surface area contributed by atoms with E-state index in [1.165, 1.54) is 32.4 Å². The molecule has 1 aromatic rings. The van der Waals surface area contributed by atoms with Gasteiger partial charge in [-0.3, -0.25) is 4.79 Å². The highest BCUT2D eigenvalue weighted by Crippen LogP contribution is 2.21. The van der Waals surface area contributed by atoms with E-state index in [4.69, 9.17) is 16.3 Å². The first-order valence-corrected chi connectivity index (χ1v) is 4.44. The van der Waals surface area contributed by atoms with Crippen LogP contribution in [0.5, 0.6) is 5.75 Å². The molecule has 5 heteroatoms. The molecule has 0 aliphatic rings. The fraction of sp³-hybridized carbons (Fsp3) is 0.200. The van der Waals surface area contributed by atoms with Gasteiger partial charge in [-0.1, -0.05) is 0 Å². The molecule has 0 unspecified atom stereocenters. The van der Waals surface area contributed by atoms with E-state index in [0.29, 0.717) is 5.75 Å². The lowest BCUT2D eigenvalue weighted by Crippen LogP contribution is -2.04. The number of ether oxygens (including phenoxy) is 2. The Hall–Kier alpha value is -1.55. The van der Waals surface area contributed by atoms with E-state index in [9.17, 15) is 9.59 Å². The van der Waals surface area contributed by atoms with Crippen molar-refractivity contribution in [2.24, 2.45) is 0 Å². The molecule has 0 aliphatic carbocycles. The summed E-state index contributed by atoms with van der Waals surface area (Å²) in [5.74, 6) is -0.209. The summed E-state index contributed by atoms with van der Waals surface area (Å²) in [7, 11) is 2.67. The topological polar surface area (TPSA) is 52.6 Å². The maximum atomic E-state index is 11.2. The molecule has 15 heavy (non-hydrogen) atoms. The van der Waals surface area contributed by atoms with Gasteiger partial charge < -0.3 is 9.47 Å². The summed E-state index contributed by atoms with van der Waals surface area (Å²) in [4.78, 5) is 22.2. The minimum Gasteiger partial charge on any atom is -0.496 e. The molecule has 1 aromatic carbocycles. The van der Waals surface area contributed by atoms with E-state index in [1.807, 2.05) is 0 Å². The van der Waals surface area contributed by atoms with Gasteiger partial charge in [0.25, 0.3) is 5.24 Å². The number of carbonyl (C=O) groups is 2. The van der Waals surface area contributed by atoms with Crippen molar-refractivity contribution < 1.29 is 19.1 Å². The van der Waals surface area contributed by atoms with Crippen molar-refractivity contribution in [3.8, 4) is 5.75 Å². The minimum atomic E-state index is -0.683. The van der Waals surface area contributed by atoms with Gasteiger partial charge in [-0.15, -0.1) is 0 Å². The first-order chi connectivity index (χ1) is 7.10. The van der Waals surface area contributed by atoms with Crippen LogP contribution in [0.15, 0.2) is 18.2 Å². The number of halogens is 1. The van der Waals surface area contributed by atoms with Crippen LogP contribution in [0.25, 0.3) is 0 Å². The van der Waals surface area contributed by atoms with Gasteiger partial charge in [0.05, 0.1) is 25.3 Å². The first-order valence-electron chi connectivity index (χ1n) is 4.06. The molecular weight excluding hydrogens is 220 g/mol. The molecule has 0 bridgehead atoms. The smallest absolute Gasteiger partial charge is 0.337 e. The number of carbonyl (C=O) groups excluding carboxylic acids is 2. The fourth-order valence-electron chi connectivity index (χ4n) is 1.11. The molecule has 80 valence electrons. The lowest BCUT2D eigenvalue weighted by atomic mass is 10.1. The molecule has 1 rings (SSSR count). The largest absolute Gasteiger partial charge is 0.496 e. The Morgan fingerprint density at radius 2 is 1.93 bits per heavy atom. The SMILES string of the molecule is COC(=O)c1ccc(OC)c(C(=O)Cl)c1. The van der Waals surface area contributed by atoms with E-state index < -0.39 is 11.2 Å².